The molecule has 2 unspecified atom stereocenters. The number of imidazole rings is 1. The molecule has 2 aromatic heterocycles. The Kier molecular flexibility index (Phi) is 7.54. The van der Waals surface area contributed by atoms with Crippen molar-refractivity contribution in [3.63, 3.8) is 0 Å². The number of carbonyl (C=O) groups excluding carboxylic acids is 1. The number of carbonyl (C=O) groups is 1. The van der Waals surface area contributed by atoms with Gasteiger partial charge in [0.1, 0.15) is 35.8 Å². The van der Waals surface area contributed by atoms with Crippen LogP contribution in [0.25, 0.3) is 21.6 Å². The zero-order valence-corrected chi connectivity index (χ0v) is 19.8. The van der Waals surface area contributed by atoms with Crippen LogP contribution >= 0.6 is 0 Å². The number of hydrogen-bond donors (Lipinski definition) is 4. The van der Waals surface area contributed by atoms with E-state index in [1.54, 1.807) is 0 Å². The van der Waals surface area contributed by atoms with Crippen molar-refractivity contribution >= 4 is 38.9 Å². The van der Waals surface area contributed by atoms with Gasteiger partial charge in [0.25, 0.3) is 0 Å². The molecule has 0 saturated carbocycles. The van der Waals surface area contributed by atoms with Crippen molar-refractivity contribution in [3.8, 4) is 0 Å². The molecular formula is C18H15F4N9O7S. The van der Waals surface area contributed by atoms with Gasteiger partial charge >= 0.3 is 10.3 Å². The van der Waals surface area contributed by atoms with Crippen LogP contribution in [0.2, 0.25) is 0 Å². The van der Waals surface area contributed by atoms with Gasteiger partial charge < -0.3 is 20.7 Å². The molecule has 4 rings (SSSR count). The number of nitrogens with zero attached hydrogens (tertiary/aromatic N) is 7. The van der Waals surface area contributed by atoms with Crippen molar-refractivity contribution in [3.05, 3.63) is 51.9 Å². The molecule has 0 bridgehead atoms. The van der Waals surface area contributed by atoms with Crippen LogP contribution in [-0.4, -0.2) is 69.0 Å². The number of aromatic nitrogens is 4. The maximum atomic E-state index is 14.1. The van der Waals surface area contributed by atoms with Gasteiger partial charge in [-0.3, -0.25) is 13.5 Å². The zero-order valence-electron chi connectivity index (χ0n) is 18.9. The number of halogens is 4. The number of aliphatic hydroxyl groups excluding tert-OH is 2. The Balaban J connectivity index is 1.42. The van der Waals surface area contributed by atoms with E-state index in [1.807, 2.05) is 4.91 Å². The second-order valence-corrected chi connectivity index (χ2v) is 9.19. The van der Waals surface area contributed by atoms with Crippen LogP contribution in [0.15, 0.2) is 17.8 Å². The lowest BCUT2D eigenvalue weighted by Crippen LogP contribution is -2.38. The summed E-state index contributed by atoms with van der Waals surface area (Å²) >= 11 is 0. The lowest BCUT2D eigenvalue weighted by Gasteiger charge is -2.16. The first-order valence-electron chi connectivity index (χ1n) is 10.4. The molecule has 3 heterocycles. The fourth-order valence-electron chi connectivity index (χ4n) is 3.63. The monoisotopic (exact) mass is 577 g/mol. The molecule has 1 amide bonds. The van der Waals surface area contributed by atoms with Crippen LogP contribution < -0.4 is 10.5 Å². The normalized spacial score (nSPS) is 21.2. The van der Waals surface area contributed by atoms with Crippen molar-refractivity contribution in [1.82, 2.24) is 24.2 Å². The summed E-state index contributed by atoms with van der Waals surface area (Å²) < 4.78 is 92.8. The van der Waals surface area contributed by atoms with Crippen LogP contribution in [0.3, 0.4) is 0 Å². The number of ether oxygens (including phenoxy) is 1. The van der Waals surface area contributed by atoms with E-state index >= 15 is 0 Å². The number of benzene rings is 1. The van der Waals surface area contributed by atoms with Crippen LogP contribution in [0.5, 0.6) is 0 Å². The number of nitrogens with one attached hydrogen (secondary N) is 1. The minimum Gasteiger partial charge on any atom is -0.387 e. The summed E-state index contributed by atoms with van der Waals surface area (Å²) in [6.07, 6.45) is -5.37. The highest BCUT2D eigenvalue weighted by Gasteiger charge is 2.45. The molecule has 21 heteroatoms. The number of azide groups is 1. The van der Waals surface area contributed by atoms with E-state index in [0.29, 0.717) is 0 Å². The molecule has 3 aromatic rings. The van der Waals surface area contributed by atoms with E-state index < -0.39 is 88.3 Å². The average Bonchev–Trinajstić information content (AvgIpc) is 3.43. The molecule has 0 aliphatic carbocycles. The first-order chi connectivity index (χ1) is 18.4. The van der Waals surface area contributed by atoms with Gasteiger partial charge in [0.05, 0.1) is 19.4 Å². The summed E-state index contributed by atoms with van der Waals surface area (Å²) in [6, 6.07) is 0. The van der Waals surface area contributed by atoms with Crippen LogP contribution in [0.4, 0.5) is 29.1 Å². The fraction of sp³-hybridized carbons (Fsp3) is 0.333. The van der Waals surface area contributed by atoms with Gasteiger partial charge in [0.15, 0.2) is 41.0 Å². The SMILES string of the molecule is [N-]=[N+]=Nc1c(F)c(F)c(CC(=O)NS(=O)(=O)OCC2OC(n3cnc4c(N)ncnc43)[C@H](O)[C@@H]2O)c(F)c1F. The van der Waals surface area contributed by atoms with Gasteiger partial charge in [-0.2, -0.15) is 8.42 Å². The molecule has 16 nitrogen and oxygen atoms in total. The van der Waals surface area contributed by atoms with Gasteiger partial charge in [0.2, 0.25) is 5.91 Å². The Hall–Kier alpha value is -4.14. The van der Waals surface area contributed by atoms with E-state index in [-0.39, 0.29) is 17.0 Å². The number of aliphatic hydroxyl groups is 2. The van der Waals surface area contributed by atoms with Gasteiger partial charge in [0, 0.05) is 10.5 Å². The predicted molar refractivity (Wildman–Crippen MR) is 117 cm³/mol. The van der Waals surface area contributed by atoms with Crippen LogP contribution in [0, 0.1) is 23.3 Å². The second kappa shape index (κ2) is 10.6. The van der Waals surface area contributed by atoms with Crippen molar-refractivity contribution < 1.29 is 49.9 Å². The minimum atomic E-state index is -5.03. The van der Waals surface area contributed by atoms with Gasteiger partial charge in [-0.05, 0) is 5.53 Å². The maximum Gasteiger partial charge on any atom is 0.362 e. The third-order valence-electron chi connectivity index (χ3n) is 5.44. The first-order valence-corrected chi connectivity index (χ1v) is 11.8. The van der Waals surface area contributed by atoms with Crippen molar-refractivity contribution in [2.75, 3.05) is 12.3 Å². The van der Waals surface area contributed by atoms with E-state index in [0.717, 1.165) is 6.33 Å². The topological polar surface area (TPSA) is 241 Å². The molecule has 208 valence electrons. The summed E-state index contributed by atoms with van der Waals surface area (Å²) in [5.41, 5.74) is 11.1. The Labute approximate surface area is 213 Å². The molecule has 1 aliphatic heterocycles. The number of fused-ring (bicyclic) bond motifs is 1. The van der Waals surface area contributed by atoms with E-state index in [2.05, 4.69) is 24.2 Å². The largest absolute Gasteiger partial charge is 0.387 e. The minimum absolute atomic E-state index is 0.0188. The summed E-state index contributed by atoms with van der Waals surface area (Å²) in [6.45, 7) is -0.964. The smallest absolute Gasteiger partial charge is 0.362 e. The second-order valence-electron chi connectivity index (χ2n) is 7.84. The Morgan fingerprint density at radius 3 is 2.49 bits per heavy atom. The third kappa shape index (κ3) is 5.26. The van der Waals surface area contributed by atoms with Crippen molar-refractivity contribution in [2.45, 2.75) is 31.0 Å². The van der Waals surface area contributed by atoms with Crippen LogP contribution in [0.1, 0.15) is 11.8 Å². The Morgan fingerprint density at radius 2 is 1.85 bits per heavy atom. The van der Waals surface area contributed by atoms with Gasteiger partial charge in [-0.15, -0.1) is 0 Å². The molecule has 4 atom stereocenters. The molecule has 1 fully saturated rings. The summed E-state index contributed by atoms with van der Waals surface area (Å²) in [5, 5.41) is 23.2. The van der Waals surface area contributed by atoms with Gasteiger partial charge in [-0.1, -0.05) is 5.11 Å². The molecular weight excluding hydrogens is 562 g/mol. The highest BCUT2D eigenvalue weighted by molar-refractivity contribution is 7.85. The number of anilines is 1. The maximum absolute atomic E-state index is 14.1. The Morgan fingerprint density at radius 1 is 1.18 bits per heavy atom. The molecule has 39 heavy (non-hydrogen) atoms. The molecule has 1 aliphatic rings. The molecule has 0 radical (unpaired) electrons. The highest BCUT2D eigenvalue weighted by atomic mass is 32.2. The molecule has 5 N–H and O–H groups in total. The molecule has 1 saturated heterocycles. The first kappa shape index (κ1) is 27.9. The van der Waals surface area contributed by atoms with Crippen LogP contribution in [-0.2, 0) is 30.4 Å². The predicted octanol–water partition coefficient (Wildman–Crippen LogP) is 0.146. The summed E-state index contributed by atoms with van der Waals surface area (Å²) in [7, 11) is -5.03. The average molecular weight is 577 g/mol. The van der Waals surface area contributed by atoms with Gasteiger partial charge in [-0.25, -0.2) is 37.2 Å². The quantitative estimate of drug-likeness (QED) is 0.0923. The summed E-state index contributed by atoms with van der Waals surface area (Å²) in [5.74, 6) is -10.0. The van der Waals surface area contributed by atoms with Crippen molar-refractivity contribution in [2.24, 2.45) is 5.11 Å². The Bertz CT molecular complexity index is 1590. The highest BCUT2D eigenvalue weighted by Crippen LogP contribution is 2.33. The van der Waals surface area contributed by atoms with E-state index in [9.17, 15) is 41.0 Å². The lowest BCUT2D eigenvalue weighted by atomic mass is 10.1. The zero-order chi connectivity index (χ0) is 28.6. The summed E-state index contributed by atoms with van der Waals surface area (Å²) in [4.78, 5) is 25.8. The molecule has 0 spiro atoms. The number of nitrogen functional groups attached to an aromatic ring is 1. The lowest BCUT2D eigenvalue weighted by molar-refractivity contribution is -0.119. The fourth-order valence-corrected chi connectivity index (χ4v) is 4.35. The van der Waals surface area contributed by atoms with Crippen molar-refractivity contribution in [1.29, 1.82) is 0 Å². The van der Waals surface area contributed by atoms with E-state index in [4.69, 9.17) is 16.0 Å². The molecule has 1 aromatic carbocycles. The number of amides is 1. The number of nitrogens with two attached hydrogens (primary N) is 1. The third-order valence-corrected chi connectivity index (χ3v) is 6.36. The number of rotatable bonds is 8. The van der Waals surface area contributed by atoms with E-state index in [1.165, 1.54) is 15.6 Å². The number of hydrogen-bond acceptors (Lipinski definition) is 12. The standard InChI is InChI=1S/C18H15F4N9O7S/c19-8-5(9(20)11(22)12(10(8)21)28-30-24)1-7(32)29-39(35,36)37-2-6-14(33)15(34)18(38-6)31-4-27-13-16(23)25-3-26-17(13)31/h3-4,6,14-15,18,33-34H,1-2H2,(H,29,32)(H2,23,25,26)/t6?,14-,15-,18?/m1/s1.